The summed E-state index contributed by atoms with van der Waals surface area (Å²) in [7, 11) is 1.56. The van der Waals surface area contributed by atoms with Crippen LogP contribution in [0.3, 0.4) is 0 Å². The second-order valence-corrected chi connectivity index (χ2v) is 3.74. The summed E-state index contributed by atoms with van der Waals surface area (Å²) in [5.41, 5.74) is 0.644. The van der Waals surface area contributed by atoms with E-state index in [1.165, 1.54) is 4.90 Å². The molecular formula is C10H9ClN2O2. The van der Waals surface area contributed by atoms with Crippen molar-refractivity contribution in [2.24, 2.45) is 0 Å². The van der Waals surface area contributed by atoms with Gasteiger partial charge in [-0.2, -0.15) is 0 Å². The maximum absolute atomic E-state index is 11.5. The van der Waals surface area contributed by atoms with Gasteiger partial charge >= 0.3 is 6.03 Å². The van der Waals surface area contributed by atoms with Gasteiger partial charge in [0.25, 0.3) is 5.91 Å². The fourth-order valence-corrected chi connectivity index (χ4v) is 1.84. The van der Waals surface area contributed by atoms with Crippen LogP contribution in [-0.4, -0.2) is 23.9 Å². The van der Waals surface area contributed by atoms with E-state index in [9.17, 15) is 9.59 Å². The Kier molecular flexibility index (Phi) is 2.36. The summed E-state index contributed by atoms with van der Waals surface area (Å²) in [6.45, 7) is 0. The average Bonchev–Trinajstić information content (AvgIpc) is 2.43. The number of rotatable bonds is 1. The molecular weight excluding hydrogens is 216 g/mol. The number of carbonyl (C=O) groups excluding carboxylic acids is 2. The van der Waals surface area contributed by atoms with Crippen molar-refractivity contribution >= 4 is 23.5 Å². The molecule has 1 saturated heterocycles. The number of likely N-dealkylation sites (N-methyl/N-ethyl adjacent to an activating group) is 1. The number of hydrogen-bond acceptors (Lipinski definition) is 2. The van der Waals surface area contributed by atoms with Crippen molar-refractivity contribution in [3.63, 3.8) is 0 Å². The second-order valence-electron chi connectivity index (χ2n) is 3.33. The van der Waals surface area contributed by atoms with Gasteiger partial charge in [-0.05, 0) is 6.07 Å². The highest BCUT2D eigenvalue weighted by Gasteiger charge is 2.37. The van der Waals surface area contributed by atoms with Crippen LogP contribution in [0.5, 0.6) is 0 Å². The Morgan fingerprint density at radius 3 is 2.53 bits per heavy atom. The van der Waals surface area contributed by atoms with E-state index in [0.29, 0.717) is 10.6 Å². The molecule has 0 aliphatic carbocycles. The maximum atomic E-state index is 11.5. The predicted molar refractivity (Wildman–Crippen MR) is 55.5 cm³/mol. The van der Waals surface area contributed by atoms with Crippen LogP contribution in [-0.2, 0) is 4.79 Å². The number of carbonyl (C=O) groups is 2. The van der Waals surface area contributed by atoms with Gasteiger partial charge in [-0.3, -0.25) is 10.1 Å². The van der Waals surface area contributed by atoms with Crippen molar-refractivity contribution in [1.82, 2.24) is 10.2 Å². The lowest BCUT2D eigenvalue weighted by Gasteiger charge is -2.17. The van der Waals surface area contributed by atoms with Gasteiger partial charge in [0.1, 0.15) is 6.04 Å². The molecule has 0 aromatic heterocycles. The Labute approximate surface area is 91.8 Å². The van der Waals surface area contributed by atoms with Crippen molar-refractivity contribution in [3.05, 3.63) is 34.9 Å². The van der Waals surface area contributed by atoms with E-state index < -0.39 is 12.1 Å². The zero-order valence-corrected chi connectivity index (χ0v) is 8.78. The van der Waals surface area contributed by atoms with Crippen LogP contribution in [0.2, 0.25) is 5.02 Å². The van der Waals surface area contributed by atoms with Crippen molar-refractivity contribution in [2.75, 3.05) is 7.05 Å². The molecule has 78 valence electrons. The smallest absolute Gasteiger partial charge is 0.311 e. The van der Waals surface area contributed by atoms with Gasteiger partial charge < -0.3 is 4.90 Å². The summed E-state index contributed by atoms with van der Waals surface area (Å²) in [6, 6.07) is 5.98. The topological polar surface area (TPSA) is 49.4 Å². The number of benzene rings is 1. The first-order valence-electron chi connectivity index (χ1n) is 4.43. The fourth-order valence-electron chi connectivity index (χ4n) is 1.60. The molecule has 1 fully saturated rings. The number of hydrogen-bond donors (Lipinski definition) is 1. The number of urea groups is 1. The molecule has 1 aliphatic heterocycles. The number of imide groups is 1. The number of nitrogens with zero attached hydrogens (tertiary/aromatic N) is 1. The minimum atomic E-state index is -0.619. The summed E-state index contributed by atoms with van der Waals surface area (Å²) in [5.74, 6) is -0.337. The third kappa shape index (κ3) is 1.57. The van der Waals surface area contributed by atoms with Crippen LogP contribution in [0.1, 0.15) is 11.6 Å². The van der Waals surface area contributed by atoms with Gasteiger partial charge in [-0.15, -0.1) is 0 Å². The maximum Gasteiger partial charge on any atom is 0.324 e. The van der Waals surface area contributed by atoms with Crippen molar-refractivity contribution in [2.45, 2.75) is 6.04 Å². The summed E-state index contributed by atoms with van der Waals surface area (Å²) < 4.78 is 0. The Morgan fingerprint density at radius 2 is 2.00 bits per heavy atom. The minimum Gasteiger partial charge on any atom is -0.311 e. The molecule has 1 atom stereocenters. The monoisotopic (exact) mass is 224 g/mol. The molecule has 15 heavy (non-hydrogen) atoms. The summed E-state index contributed by atoms with van der Waals surface area (Å²) >= 11 is 5.96. The fraction of sp³-hybridized carbons (Fsp3) is 0.200. The second kappa shape index (κ2) is 3.55. The third-order valence-corrected chi connectivity index (χ3v) is 2.73. The molecule has 0 spiro atoms. The number of halogens is 1. The van der Waals surface area contributed by atoms with E-state index >= 15 is 0 Å². The minimum absolute atomic E-state index is 0.337. The Morgan fingerprint density at radius 1 is 1.33 bits per heavy atom. The van der Waals surface area contributed by atoms with Crippen LogP contribution in [0.4, 0.5) is 4.79 Å². The van der Waals surface area contributed by atoms with Gasteiger partial charge in [0.2, 0.25) is 0 Å². The van der Waals surface area contributed by atoms with Crippen LogP contribution < -0.4 is 5.32 Å². The highest BCUT2D eigenvalue weighted by atomic mass is 35.5. The highest BCUT2D eigenvalue weighted by Crippen LogP contribution is 2.29. The Balaban J connectivity index is 2.43. The standard InChI is InChI=1S/C10H9ClN2O2/c1-13-8(9(14)12-10(13)15)6-4-2-3-5-7(6)11/h2-5,8H,1H3,(H,12,14,15). The van der Waals surface area contributed by atoms with Crippen molar-refractivity contribution in [3.8, 4) is 0 Å². The van der Waals surface area contributed by atoms with Crippen LogP contribution in [0.25, 0.3) is 0 Å². The molecule has 3 amide bonds. The SMILES string of the molecule is CN1C(=O)NC(=O)C1c1ccccc1Cl. The average molecular weight is 225 g/mol. The van der Waals surface area contributed by atoms with E-state index in [2.05, 4.69) is 5.32 Å². The van der Waals surface area contributed by atoms with Gasteiger partial charge in [0.05, 0.1) is 0 Å². The molecule has 1 heterocycles. The third-order valence-electron chi connectivity index (χ3n) is 2.39. The molecule has 0 radical (unpaired) electrons. The molecule has 1 N–H and O–H groups in total. The number of amides is 3. The molecule has 1 aromatic rings. The van der Waals surface area contributed by atoms with E-state index in [1.54, 1.807) is 31.3 Å². The van der Waals surface area contributed by atoms with E-state index in [4.69, 9.17) is 11.6 Å². The summed E-state index contributed by atoms with van der Waals surface area (Å²) in [4.78, 5) is 24.1. The lowest BCUT2D eigenvalue weighted by atomic mass is 10.1. The van der Waals surface area contributed by atoms with E-state index in [1.807, 2.05) is 0 Å². The molecule has 4 nitrogen and oxygen atoms in total. The largest absolute Gasteiger partial charge is 0.324 e. The molecule has 0 bridgehead atoms. The summed E-state index contributed by atoms with van der Waals surface area (Å²) in [5, 5.41) is 2.72. The number of nitrogens with one attached hydrogen (secondary N) is 1. The van der Waals surface area contributed by atoms with Gasteiger partial charge in [-0.1, -0.05) is 29.8 Å². The quantitative estimate of drug-likeness (QED) is 0.736. The first-order chi connectivity index (χ1) is 7.11. The Bertz CT molecular complexity index is 433. The molecule has 5 heteroatoms. The van der Waals surface area contributed by atoms with Gasteiger partial charge in [-0.25, -0.2) is 4.79 Å². The van der Waals surface area contributed by atoms with Crippen molar-refractivity contribution in [1.29, 1.82) is 0 Å². The van der Waals surface area contributed by atoms with Crippen LogP contribution >= 0.6 is 11.6 Å². The van der Waals surface area contributed by atoms with E-state index in [-0.39, 0.29) is 5.91 Å². The molecule has 0 saturated carbocycles. The van der Waals surface area contributed by atoms with Crippen molar-refractivity contribution < 1.29 is 9.59 Å². The first-order valence-corrected chi connectivity index (χ1v) is 4.81. The zero-order valence-electron chi connectivity index (χ0n) is 8.03. The molecule has 2 rings (SSSR count). The Hall–Kier alpha value is -1.55. The molecule has 1 aromatic carbocycles. The molecule has 1 aliphatic rings. The van der Waals surface area contributed by atoms with Crippen LogP contribution in [0.15, 0.2) is 24.3 Å². The zero-order chi connectivity index (χ0) is 11.0. The highest BCUT2D eigenvalue weighted by molar-refractivity contribution is 6.31. The lowest BCUT2D eigenvalue weighted by Crippen LogP contribution is -2.25. The molecule has 1 unspecified atom stereocenters. The predicted octanol–water partition coefficient (Wildman–Crippen LogP) is 1.56. The van der Waals surface area contributed by atoms with Gasteiger partial charge in [0.15, 0.2) is 0 Å². The first kappa shape index (κ1) is 9.98. The lowest BCUT2D eigenvalue weighted by molar-refractivity contribution is -0.121. The van der Waals surface area contributed by atoms with Gasteiger partial charge in [0, 0.05) is 17.6 Å². The summed E-state index contributed by atoms with van der Waals surface area (Å²) in [6.07, 6.45) is 0. The van der Waals surface area contributed by atoms with E-state index in [0.717, 1.165) is 0 Å². The normalized spacial score (nSPS) is 20.7. The van der Waals surface area contributed by atoms with Crippen LogP contribution in [0, 0.1) is 0 Å².